The fourth-order valence-electron chi connectivity index (χ4n) is 0. The van der Waals surface area contributed by atoms with Gasteiger partial charge in [-0.2, -0.15) is 0 Å². The molecule has 0 rings (SSSR count). The van der Waals surface area contributed by atoms with Crippen molar-refractivity contribution >= 4 is 7.82 Å². The lowest BCUT2D eigenvalue weighted by Crippen LogP contribution is -1.94. The first-order valence-electron chi connectivity index (χ1n) is 1.31. The SMILES string of the molecule is O=P([O-])(O)O.O=[N+]([O-])[O-].[H+].[H+]. The molecule has 2 N–H and O–H groups in total. The fourth-order valence-corrected chi connectivity index (χ4v) is 0. The summed E-state index contributed by atoms with van der Waals surface area (Å²) in [6.45, 7) is 0. The van der Waals surface area contributed by atoms with E-state index in [-0.39, 0.29) is 2.85 Å². The average molecular weight is 161 g/mol. The molecule has 0 radical (unpaired) electrons. The number of hydrogen-bond donors (Lipinski definition) is 2. The molecule has 56 valence electrons. The van der Waals surface area contributed by atoms with Crippen molar-refractivity contribution in [3.63, 3.8) is 0 Å². The summed E-state index contributed by atoms with van der Waals surface area (Å²) in [5.74, 6) is 0. The third-order valence-corrected chi connectivity index (χ3v) is 0. The average Bonchev–Trinajstić information content (AvgIpc) is 1.19. The van der Waals surface area contributed by atoms with Crippen molar-refractivity contribution in [3.05, 3.63) is 15.3 Å². The lowest BCUT2D eigenvalue weighted by atomic mass is 13.1. The largest absolute Gasteiger partial charge is 1.00 e. The minimum atomic E-state index is -4.89. The van der Waals surface area contributed by atoms with Gasteiger partial charge in [0, 0.05) is 0 Å². The van der Waals surface area contributed by atoms with E-state index < -0.39 is 12.9 Å². The number of hydrogen-bond acceptors (Lipinski definition) is 5. The molecule has 0 aromatic heterocycles. The Labute approximate surface area is 51.7 Å². The van der Waals surface area contributed by atoms with Gasteiger partial charge in [0.15, 0.2) is 0 Å². The number of phosphoric acid groups is 1. The van der Waals surface area contributed by atoms with Gasteiger partial charge >= 0.3 is 2.85 Å². The third-order valence-electron chi connectivity index (χ3n) is 0. The second-order valence-electron chi connectivity index (χ2n) is 0.714. The molecule has 8 nitrogen and oxygen atoms in total. The van der Waals surface area contributed by atoms with Gasteiger partial charge in [0.2, 0.25) is 0 Å². The molecule has 9 heteroatoms. The molecule has 0 bridgehead atoms. The maximum absolute atomic E-state index is 8.77. The smallest absolute Gasteiger partial charge is 0.756 e. The van der Waals surface area contributed by atoms with Crippen LogP contribution >= 0.6 is 7.82 Å². The monoisotopic (exact) mass is 161 g/mol. The van der Waals surface area contributed by atoms with Crippen LogP contribution in [0.4, 0.5) is 0 Å². The molecule has 9 heavy (non-hydrogen) atoms. The predicted molar refractivity (Wildman–Crippen MR) is 24.6 cm³/mol. The van der Waals surface area contributed by atoms with Crippen LogP contribution in [-0.4, -0.2) is 14.9 Å². The van der Waals surface area contributed by atoms with Crippen molar-refractivity contribution < 1.29 is 27.2 Å². The van der Waals surface area contributed by atoms with Crippen molar-refractivity contribution in [3.8, 4) is 0 Å². The summed E-state index contributed by atoms with van der Waals surface area (Å²) in [4.78, 5) is 31.2. The first-order valence-corrected chi connectivity index (χ1v) is 2.84. The standard InChI is InChI=1S/NO3.H3O4P/c2-1(3)4;1-5(2,3)4/h;(H3,1,2,3,4)/q-1;/p+1. The highest BCUT2D eigenvalue weighted by Gasteiger charge is 1.82. The van der Waals surface area contributed by atoms with Gasteiger partial charge < -0.3 is 30.0 Å². The van der Waals surface area contributed by atoms with E-state index in [4.69, 9.17) is 34.6 Å². The van der Waals surface area contributed by atoms with E-state index >= 15 is 0 Å². The first-order chi connectivity index (χ1) is 3.73. The van der Waals surface area contributed by atoms with Crippen LogP contribution in [0.1, 0.15) is 2.85 Å². The van der Waals surface area contributed by atoms with Crippen LogP contribution in [-0.2, 0) is 4.57 Å². The summed E-state index contributed by atoms with van der Waals surface area (Å²) in [5, 5.41) is 14.8. The zero-order valence-corrected chi connectivity index (χ0v) is 4.72. The van der Waals surface area contributed by atoms with Crippen LogP contribution in [0.5, 0.6) is 0 Å². The van der Waals surface area contributed by atoms with Gasteiger partial charge in [0.05, 0.1) is 5.09 Å². The molecule has 0 saturated heterocycles. The molecule has 0 amide bonds. The maximum Gasteiger partial charge on any atom is 1.00 e. The van der Waals surface area contributed by atoms with Crippen molar-refractivity contribution in [2.45, 2.75) is 0 Å². The van der Waals surface area contributed by atoms with E-state index in [1.165, 1.54) is 0 Å². The van der Waals surface area contributed by atoms with E-state index in [0.717, 1.165) is 0 Å². The van der Waals surface area contributed by atoms with Gasteiger partial charge in [-0.1, -0.05) is 0 Å². The molecule has 0 spiro atoms. The molecule has 0 unspecified atom stereocenters. The lowest BCUT2D eigenvalue weighted by Gasteiger charge is -2.01. The Morgan fingerprint density at radius 2 is 1.44 bits per heavy atom. The maximum atomic E-state index is 8.77. The zero-order chi connectivity index (χ0) is 8.08. The van der Waals surface area contributed by atoms with Gasteiger partial charge in [0.25, 0.3) is 7.82 Å². The molecule has 0 aliphatic heterocycles. The van der Waals surface area contributed by atoms with Crippen LogP contribution in [0.3, 0.4) is 0 Å². The summed E-state index contributed by atoms with van der Waals surface area (Å²) < 4.78 is 8.77. The van der Waals surface area contributed by atoms with Crippen LogP contribution in [0.25, 0.3) is 0 Å². The van der Waals surface area contributed by atoms with Gasteiger partial charge in [0.1, 0.15) is 0 Å². The molecule has 0 aromatic carbocycles. The quantitative estimate of drug-likeness (QED) is 0.247. The second kappa shape index (κ2) is 4.21. The highest BCUT2D eigenvalue weighted by Crippen LogP contribution is 2.18. The minimum absolute atomic E-state index is 0. The van der Waals surface area contributed by atoms with Crippen molar-refractivity contribution in [1.29, 1.82) is 0 Å². The Morgan fingerprint density at radius 3 is 1.44 bits per heavy atom. The molecular weight excluding hydrogens is 157 g/mol. The molecule has 0 atom stereocenters. The molecule has 0 saturated carbocycles. The van der Waals surface area contributed by atoms with Crippen molar-refractivity contribution in [2.75, 3.05) is 0 Å². The highest BCUT2D eigenvalue weighted by molar-refractivity contribution is 7.43. The Hall–Kier alpha value is -0.690. The zero-order valence-electron chi connectivity index (χ0n) is 5.83. The normalized spacial score (nSPS) is 9.22. The van der Waals surface area contributed by atoms with Crippen LogP contribution < -0.4 is 4.89 Å². The molecule has 0 heterocycles. The van der Waals surface area contributed by atoms with Crippen LogP contribution in [0.15, 0.2) is 0 Å². The van der Waals surface area contributed by atoms with E-state index in [0.29, 0.717) is 0 Å². The summed E-state index contributed by atoms with van der Waals surface area (Å²) in [7, 11) is -4.89. The Balaban J connectivity index is -0.0000000383. The Bertz CT molecular complexity index is 116. The molecular formula is H4NO7P. The topological polar surface area (TPSA) is 147 Å². The summed E-state index contributed by atoms with van der Waals surface area (Å²) in [5.41, 5.74) is 0. The van der Waals surface area contributed by atoms with E-state index in [9.17, 15) is 0 Å². The summed E-state index contributed by atoms with van der Waals surface area (Å²) in [6, 6.07) is 0. The molecule has 0 aromatic rings. The lowest BCUT2D eigenvalue weighted by molar-refractivity contribution is -0.402. The van der Waals surface area contributed by atoms with Gasteiger partial charge in [-0.25, -0.2) is 0 Å². The molecule has 0 aliphatic carbocycles. The van der Waals surface area contributed by atoms with E-state index in [1.54, 1.807) is 0 Å². The predicted octanol–water partition coefficient (Wildman–Crippen LogP) is -1.57. The highest BCUT2D eigenvalue weighted by atomic mass is 31.2. The van der Waals surface area contributed by atoms with Gasteiger partial charge in [-0.05, 0) is 0 Å². The molecule has 0 aliphatic rings. The van der Waals surface area contributed by atoms with Gasteiger partial charge in [-0.3, -0.25) is 4.57 Å². The van der Waals surface area contributed by atoms with Crippen molar-refractivity contribution in [2.24, 2.45) is 0 Å². The van der Waals surface area contributed by atoms with Crippen LogP contribution in [0, 0.1) is 15.3 Å². The number of rotatable bonds is 0. The first kappa shape index (κ1) is 11.2. The van der Waals surface area contributed by atoms with E-state index in [1.807, 2.05) is 0 Å². The molecule has 0 fully saturated rings. The van der Waals surface area contributed by atoms with Gasteiger partial charge in [-0.15, -0.1) is 0 Å². The van der Waals surface area contributed by atoms with Crippen molar-refractivity contribution in [1.82, 2.24) is 0 Å². The summed E-state index contributed by atoms with van der Waals surface area (Å²) >= 11 is 0. The third kappa shape index (κ3) is 433. The fraction of sp³-hybridized carbons (Fsp3) is 0. The van der Waals surface area contributed by atoms with Crippen LogP contribution in [0.2, 0.25) is 0 Å². The second-order valence-corrected chi connectivity index (χ2v) is 1.70. The summed E-state index contributed by atoms with van der Waals surface area (Å²) in [6.07, 6.45) is 0. The Morgan fingerprint density at radius 1 is 1.44 bits per heavy atom. The number of nitrogens with zero attached hydrogens (tertiary/aromatic N) is 1. The van der Waals surface area contributed by atoms with E-state index in [2.05, 4.69) is 0 Å². The Kier molecular flexibility index (Phi) is 5.22. The minimum Gasteiger partial charge on any atom is -0.756 e.